The van der Waals surface area contributed by atoms with Crippen LogP contribution in [-0.2, 0) is 13.0 Å². The highest BCUT2D eigenvalue weighted by atomic mass is 19.1. The SMILES string of the molecule is NCCc1ccc(OCc2ccc([N+](=O)[O-])c(F)c2)cn1. The highest BCUT2D eigenvalue weighted by Crippen LogP contribution is 2.19. The summed E-state index contributed by atoms with van der Waals surface area (Å²) in [7, 11) is 0. The number of benzene rings is 1. The lowest BCUT2D eigenvalue weighted by molar-refractivity contribution is -0.387. The Kier molecular flexibility index (Phi) is 4.78. The van der Waals surface area contributed by atoms with Gasteiger partial charge in [-0.05, 0) is 36.4 Å². The van der Waals surface area contributed by atoms with Gasteiger partial charge in [-0.25, -0.2) is 0 Å². The van der Waals surface area contributed by atoms with Gasteiger partial charge in [0, 0.05) is 18.2 Å². The number of nitro benzene ring substituents is 1. The van der Waals surface area contributed by atoms with Gasteiger partial charge < -0.3 is 10.5 Å². The molecule has 2 rings (SSSR count). The van der Waals surface area contributed by atoms with Gasteiger partial charge in [0.15, 0.2) is 0 Å². The number of ether oxygens (including phenoxy) is 1. The van der Waals surface area contributed by atoms with E-state index >= 15 is 0 Å². The molecule has 6 nitrogen and oxygen atoms in total. The van der Waals surface area contributed by atoms with E-state index in [1.807, 2.05) is 0 Å². The summed E-state index contributed by atoms with van der Waals surface area (Å²) in [6.45, 7) is 0.627. The molecule has 2 aromatic rings. The zero-order chi connectivity index (χ0) is 15.2. The van der Waals surface area contributed by atoms with Crippen molar-refractivity contribution in [3.05, 3.63) is 63.7 Å². The molecule has 1 aromatic heterocycles. The van der Waals surface area contributed by atoms with E-state index in [4.69, 9.17) is 10.5 Å². The second kappa shape index (κ2) is 6.76. The largest absolute Gasteiger partial charge is 0.487 e. The Bertz CT molecular complexity index is 632. The Hall–Kier alpha value is -2.54. The van der Waals surface area contributed by atoms with Gasteiger partial charge in [0.25, 0.3) is 0 Å². The Morgan fingerprint density at radius 2 is 2.14 bits per heavy atom. The van der Waals surface area contributed by atoms with Gasteiger partial charge in [0.2, 0.25) is 5.82 Å². The minimum atomic E-state index is -0.877. The second-order valence-corrected chi connectivity index (χ2v) is 4.36. The third-order valence-corrected chi connectivity index (χ3v) is 2.81. The number of nitro groups is 1. The summed E-state index contributed by atoms with van der Waals surface area (Å²) in [4.78, 5) is 13.9. The summed E-state index contributed by atoms with van der Waals surface area (Å²) in [5.74, 6) is -0.341. The minimum absolute atomic E-state index is 0.104. The zero-order valence-electron chi connectivity index (χ0n) is 11.2. The normalized spacial score (nSPS) is 10.4. The molecule has 0 atom stereocenters. The van der Waals surface area contributed by atoms with Crippen molar-refractivity contribution in [3.8, 4) is 5.75 Å². The summed E-state index contributed by atoms with van der Waals surface area (Å²) < 4.78 is 18.9. The smallest absolute Gasteiger partial charge is 0.304 e. The first-order valence-electron chi connectivity index (χ1n) is 6.31. The molecule has 21 heavy (non-hydrogen) atoms. The number of hydrogen-bond acceptors (Lipinski definition) is 5. The molecule has 0 aliphatic heterocycles. The van der Waals surface area contributed by atoms with Gasteiger partial charge in [-0.1, -0.05) is 0 Å². The number of aromatic nitrogens is 1. The summed E-state index contributed by atoms with van der Waals surface area (Å²) >= 11 is 0. The summed E-state index contributed by atoms with van der Waals surface area (Å²) in [5, 5.41) is 10.5. The molecule has 0 spiro atoms. The molecule has 1 aromatic carbocycles. The quantitative estimate of drug-likeness (QED) is 0.650. The highest BCUT2D eigenvalue weighted by Gasteiger charge is 2.13. The molecule has 0 fully saturated rings. The molecule has 0 unspecified atom stereocenters. The molecular formula is C14H14FN3O3. The van der Waals surface area contributed by atoms with Crippen molar-refractivity contribution in [2.75, 3.05) is 6.54 Å². The number of halogens is 1. The van der Waals surface area contributed by atoms with Crippen LogP contribution in [0.5, 0.6) is 5.75 Å². The van der Waals surface area contributed by atoms with Crippen molar-refractivity contribution >= 4 is 5.69 Å². The predicted molar refractivity (Wildman–Crippen MR) is 74.4 cm³/mol. The van der Waals surface area contributed by atoms with Crippen LogP contribution in [0.4, 0.5) is 10.1 Å². The minimum Gasteiger partial charge on any atom is -0.487 e. The van der Waals surface area contributed by atoms with Crippen LogP contribution in [0.1, 0.15) is 11.3 Å². The third kappa shape index (κ3) is 3.96. The van der Waals surface area contributed by atoms with Gasteiger partial charge in [-0.3, -0.25) is 15.1 Å². The first-order chi connectivity index (χ1) is 10.1. The number of nitrogens with two attached hydrogens (primary N) is 1. The first kappa shape index (κ1) is 14.9. The molecule has 0 aliphatic rings. The van der Waals surface area contributed by atoms with Crippen LogP contribution in [0.25, 0.3) is 0 Å². The number of hydrogen-bond donors (Lipinski definition) is 1. The van der Waals surface area contributed by atoms with Gasteiger partial charge in [-0.15, -0.1) is 0 Å². The van der Waals surface area contributed by atoms with Crippen molar-refractivity contribution in [1.82, 2.24) is 4.98 Å². The number of pyridine rings is 1. The molecule has 110 valence electrons. The Labute approximate surface area is 120 Å². The zero-order valence-corrected chi connectivity index (χ0v) is 11.2. The fourth-order valence-corrected chi connectivity index (χ4v) is 1.75. The van der Waals surface area contributed by atoms with E-state index in [1.165, 1.54) is 6.07 Å². The van der Waals surface area contributed by atoms with Crippen LogP contribution in [0, 0.1) is 15.9 Å². The van der Waals surface area contributed by atoms with E-state index in [2.05, 4.69) is 4.98 Å². The van der Waals surface area contributed by atoms with Gasteiger partial charge in [-0.2, -0.15) is 4.39 Å². The van der Waals surface area contributed by atoms with Gasteiger partial charge >= 0.3 is 5.69 Å². The molecule has 0 radical (unpaired) electrons. The maximum atomic E-state index is 13.4. The van der Waals surface area contributed by atoms with E-state index < -0.39 is 16.4 Å². The van der Waals surface area contributed by atoms with Crippen LogP contribution >= 0.6 is 0 Å². The van der Waals surface area contributed by atoms with Crippen LogP contribution in [0.3, 0.4) is 0 Å². The van der Waals surface area contributed by atoms with E-state index in [9.17, 15) is 14.5 Å². The Morgan fingerprint density at radius 3 is 2.71 bits per heavy atom. The van der Waals surface area contributed by atoms with Crippen molar-refractivity contribution < 1.29 is 14.1 Å². The average molecular weight is 291 g/mol. The highest BCUT2D eigenvalue weighted by molar-refractivity contribution is 5.35. The maximum Gasteiger partial charge on any atom is 0.304 e. The monoisotopic (exact) mass is 291 g/mol. The fourth-order valence-electron chi connectivity index (χ4n) is 1.75. The topological polar surface area (TPSA) is 91.3 Å². The molecule has 0 amide bonds. The lowest BCUT2D eigenvalue weighted by Gasteiger charge is -2.07. The first-order valence-corrected chi connectivity index (χ1v) is 6.31. The fraction of sp³-hybridized carbons (Fsp3) is 0.214. The van der Waals surface area contributed by atoms with Crippen molar-refractivity contribution in [1.29, 1.82) is 0 Å². The third-order valence-electron chi connectivity index (χ3n) is 2.81. The molecule has 1 heterocycles. The maximum absolute atomic E-state index is 13.4. The van der Waals surface area contributed by atoms with E-state index in [-0.39, 0.29) is 6.61 Å². The number of rotatable bonds is 6. The average Bonchev–Trinajstić information content (AvgIpc) is 2.46. The molecule has 2 N–H and O–H groups in total. The molecule has 0 bridgehead atoms. The lowest BCUT2D eigenvalue weighted by atomic mass is 10.2. The second-order valence-electron chi connectivity index (χ2n) is 4.36. The molecule has 0 saturated carbocycles. The Balaban J connectivity index is 1.99. The van der Waals surface area contributed by atoms with Crippen LogP contribution < -0.4 is 10.5 Å². The molecule has 7 heteroatoms. The van der Waals surface area contributed by atoms with Gasteiger partial charge in [0.1, 0.15) is 12.4 Å². The van der Waals surface area contributed by atoms with Crippen LogP contribution in [0.15, 0.2) is 36.5 Å². The summed E-state index contributed by atoms with van der Waals surface area (Å²) in [6.07, 6.45) is 2.25. The Morgan fingerprint density at radius 1 is 1.33 bits per heavy atom. The molecular weight excluding hydrogens is 277 g/mol. The van der Waals surface area contributed by atoms with Crippen LogP contribution in [-0.4, -0.2) is 16.5 Å². The van der Waals surface area contributed by atoms with Crippen LogP contribution in [0.2, 0.25) is 0 Å². The van der Waals surface area contributed by atoms with Crippen molar-refractivity contribution in [3.63, 3.8) is 0 Å². The summed E-state index contributed by atoms with van der Waals surface area (Å²) in [5.41, 5.74) is 6.25. The number of nitrogens with zero attached hydrogens (tertiary/aromatic N) is 2. The molecule has 0 aliphatic carbocycles. The molecule has 0 saturated heterocycles. The van der Waals surface area contributed by atoms with Crippen molar-refractivity contribution in [2.45, 2.75) is 13.0 Å². The lowest BCUT2D eigenvalue weighted by Crippen LogP contribution is -2.04. The summed E-state index contributed by atoms with van der Waals surface area (Å²) in [6, 6.07) is 7.22. The predicted octanol–water partition coefficient (Wildman–Crippen LogP) is 2.21. The van der Waals surface area contributed by atoms with E-state index in [0.29, 0.717) is 24.3 Å². The standard InChI is InChI=1S/C14H14FN3O3/c15-13-7-10(1-4-14(13)18(19)20)9-21-12-3-2-11(5-6-16)17-8-12/h1-4,7-8H,5-6,9,16H2. The van der Waals surface area contributed by atoms with Gasteiger partial charge in [0.05, 0.1) is 11.1 Å². The van der Waals surface area contributed by atoms with E-state index in [1.54, 1.807) is 18.3 Å². The van der Waals surface area contributed by atoms with E-state index in [0.717, 1.165) is 17.8 Å². The van der Waals surface area contributed by atoms with Crippen molar-refractivity contribution in [2.24, 2.45) is 5.73 Å².